The third-order valence-electron chi connectivity index (χ3n) is 2.37. The Kier molecular flexibility index (Phi) is 5.91. The van der Waals surface area contributed by atoms with Crippen LogP contribution in [0.15, 0.2) is 18.2 Å². The van der Waals surface area contributed by atoms with Gasteiger partial charge in [-0.25, -0.2) is 4.79 Å². The Balaban J connectivity index is 2.47. The molecule has 1 atom stereocenters. The Labute approximate surface area is 111 Å². The van der Waals surface area contributed by atoms with Crippen LogP contribution in [-0.4, -0.2) is 37.5 Å². The molecule has 0 fully saturated rings. The van der Waals surface area contributed by atoms with Crippen LogP contribution in [0.2, 0.25) is 5.02 Å². The Morgan fingerprint density at radius 1 is 1.56 bits per heavy atom. The molecule has 0 aliphatic heterocycles. The van der Waals surface area contributed by atoms with Crippen LogP contribution in [0.25, 0.3) is 0 Å². The summed E-state index contributed by atoms with van der Waals surface area (Å²) in [5.74, 6) is 0. The molecule has 0 radical (unpaired) electrons. The van der Waals surface area contributed by atoms with Crippen LogP contribution < -0.4 is 10.6 Å². The summed E-state index contributed by atoms with van der Waals surface area (Å²) in [5.41, 5.74) is 1.44. The van der Waals surface area contributed by atoms with Crippen molar-refractivity contribution in [1.29, 1.82) is 0 Å². The number of urea groups is 1. The maximum absolute atomic E-state index is 11.6. The van der Waals surface area contributed by atoms with Gasteiger partial charge in [-0.1, -0.05) is 17.7 Å². The molecule has 0 aromatic heterocycles. The van der Waals surface area contributed by atoms with Gasteiger partial charge in [-0.05, 0) is 24.6 Å². The fourth-order valence-electron chi connectivity index (χ4n) is 1.37. The van der Waals surface area contributed by atoms with Crippen LogP contribution in [0.5, 0.6) is 0 Å². The summed E-state index contributed by atoms with van der Waals surface area (Å²) < 4.78 is 4.75. The van der Waals surface area contributed by atoms with Gasteiger partial charge >= 0.3 is 6.03 Å². The first-order valence-corrected chi connectivity index (χ1v) is 5.89. The van der Waals surface area contributed by atoms with Crippen molar-refractivity contribution >= 4 is 23.3 Å². The predicted octanol–water partition coefficient (Wildman–Crippen LogP) is 1.78. The van der Waals surface area contributed by atoms with E-state index in [1.807, 2.05) is 6.92 Å². The van der Waals surface area contributed by atoms with Crippen molar-refractivity contribution < 1.29 is 14.6 Å². The number of aliphatic hydroxyl groups excluding tert-OH is 1. The number of hydrogen-bond donors (Lipinski definition) is 3. The normalized spacial score (nSPS) is 12.0. The average Bonchev–Trinajstić information content (AvgIpc) is 2.33. The standard InChI is InChI=1S/C12H17ClN2O3/c1-8-10(13)4-3-5-11(8)15-12(17)14-6-9(16)7-18-2/h3-5,9,16H,6-7H2,1-2H3,(H2,14,15,17). The molecular weight excluding hydrogens is 256 g/mol. The van der Waals surface area contributed by atoms with Crippen LogP contribution >= 0.6 is 11.6 Å². The van der Waals surface area contributed by atoms with Gasteiger partial charge in [0.2, 0.25) is 0 Å². The molecule has 3 N–H and O–H groups in total. The fourth-order valence-corrected chi connectivity index (χ4v) is 1.55. The van der Waals surface area contributed by atoms with E-state index in [2.05, 4.69) is 10.6 Å². The SMILES string of the molecule is COCC(O)CNC(=O)Nc1cccc(Cl)c1C. The second kappa shape index (κ2) is 7.20. The van der Waals surface area contributed by atoms with Crippen LogP contribution in [0.3, 0.4) is 0 Å². The molecule has 0 spiro atoms. The lowest BCUT2D eigenvalue weighted by atomic mass is 10.2. The zero-order valence-electron chi connectivity index (χ0n) is 10.4. The number of halogens is 1. The lowest BCUT2D eigenvalue weighted by Gasteiger charge is -2.13. The minimum atomic E-state index is -0.721. The average molecular weight is 273 g/mol. The Bertz CT molecular complexity index is 412. The topological polar surface area (TPSA) is 70.6 Å². The highest BCUT2D eigenvalue weighted by molar-refractivity contribution is 6.31. The number of methoxy groups -OCH3 is 1. The quantitative estimate of drug-likeness (QED) is 0.765. The summed E-state index contributed by atoms with van der Waals surface area (Å²) >= 11 is 5.94. The molecule has 5 nitrogen and oxygen atoms in total. The van der Waals surface area contributed by atoms with Crippen molar-refractivity contribution in [3.8, 4) is 0 Å². The van der Waals surface area contributed by atoms with E-state index in [1.165, 1.54) is 7.11 Å². The number of carbonyl (C=O) groups excluding carboxylic acids is 1. The summed E-state index contributed by atoms with van der Waals surface area (Å²) in [6.45, 7) is 2.12. The van der Waals surface area contributed by atoms with Gasteiger partial charge in [-0.2, -0.15) is 0 Å². The zero-order chi connectivity index (χ0) is 13.5. The molecule has 0 aliphatic carbocycles. The maximum atomic E-state index is 11.6. The zero-order valence-corrected chi connectivity index (χ0v) is 11.1. The molecule has 1 rings (SSSR count). The summed E-state index contributed by atoms with van der Waals surface area (Å²) in [5, 5.41) is 15.2. The highest BCUT2D eigenvalue weighted by atomic mass is 35.5. The van der Waals surface area contributed by atoms with E-state index < -0.39 is 12.1 Å². The Hall–Kier alpha value is -1.30. The van der Waals surface area contributed by atoms with Crippen molar-refractivity contribution in [2.24, 2.45) is 0 Å². The largest absolute Gasteiger partial charge is 0.389 e. The number of ether oxygens (including phenoxy) is 1. The van der Waals surface area contributed by atoms with Crippen molar-refractivity contribution in [3.63, 3.8) is 0 Å². The molecule has 1 aromatic rings. The lowest BCUT2D eigenvalue weighted by molar-refractivity contribution is 0.0663. The van der Waals surface area contributed by atoms with E-state index in [4.69, 9.17) is 16.3 Å². The van der Waals surface area contributed by atoms with Gasteiger partial charge in [0.05, 0.1) is 12.7 Å². The monoisotopic (exact) mass is 272 g/mol. The highest BCUT2D eigenvalue weighted by Gasteiger charge is 2.08. The van der Waals surface area contributed by atoms with Crippen LogP contribution in [-0.2, 0) is 4.74 Å². The summed E-state index contributed by atoms with van der Waals surface area (Å²) in [6, 6.07) is 4.87. The lowest BCUT2D eigenvalue weighted by Crippen LogP contribution is -2.37. The Morgan fingerprint density at radius 2 is 2.28 bits per heavy atom. The second-order valence-corrected chi connectivity index (χ2v) is 4.26. The number of nitrogens with one attached hydrogen (secondary N) is 2. The number of hydrogen-bond acceptors (Lipinski definition) is 3. The molecule has 0 saturated carbocycles. The summed E-state index contributed by atoms with van der Waals surface area (Å²) in [7, 11) is 1.48. The van der Waals surface area contributed by atoms with Gasteiger partial charge in [0.25, 0.3) is 0 Å². The van der Waals surface area contributed by atoms with Crippen molar-refractivity contribution in [1.82, 2.24) is 5.32 Å². The second-order valence-electron chi connectivity index (χ2n) is 3.86. The molecule has 1 unspecified atom stereocenters. The van der Waals surface area contributed by atoms with Gasteiger partial charge in [-0.15, -0.1) is 0 Å². The van der Waals surface area contributed by atoms with Gasteiger partial charge < -0.3 is 20.5 Å². The van der Waals surface area contributed by atoms with E-state index in [9.17, 15) is 9.90 Å². The van der Waals surface area contributed by atoms with E-state index in [0.29, 0.717) is 10.7 Å². The first kappa shape index (κ1) is 14.8. The van der Waals surface area contributed by atoms with E-state index in [1.54, 1.807) is 18.2 Å². The minimum Gasteiger partial charge on any atom is -0.389 e. The molecule has 0 saturated heterocycles. The Morgan fingerprint density at radius 3 is 2.94 bits per heavy atom. The van der Waals surface area contributed by atoms with Crippen LogP contribution in [0.1, 0.15) is 5.56 Å². The van der Waals surface area contributed by atoms with Gasteiger partial charge in [-0.3, -0.25) is 0 Å². The van der Waals surface area contributed by atoms with Crippen LogP contribution in [0.4, 0.5) is 10.5 Å². The third-order valence-corrected chi connectivity index (χ3v) is 2.78. The first-order valence-electron chi connectivity index (χ1n) is 5.51. The highest BCUT2D eigenvalue weighted by Crippen LogP contribution is 2.22. The molecule has 0 bridgehead atoms. The number of amides is 2. The molecule has 1 aromatic carbocycles. The van der Waals surface area contributed by atoms with E-state index in [-0.39, 0.29) is 13.2 Å². The summed E-state index contributed by atoms with van der Waals surface area (Å²) in [4.78, 5) is 11.6. The fraction of sp³-hybridized carbons (Fsp3) is 0.417. The molecule has 18 heavy (non-hydrogen) atoms. The van der Waals surface area contributed by atoms with Gasteiger partial charge in [0.15, 0.2) is 0 Å². The number of benzene rings is 1. The molecule has 0 heterocycles. The van der Waals surface area contributed by atoms with Crippen molar-refractivity contribution in [2.45, 2.75) is 13.0 Å². The number of aliphatic hydroxyl groups is 1. The number of rotatable bonds is 5. The van der Waals surface area contributed by atoms with E-state index in [0.717, 1.165) is 5.56 Å². The van der Waals surface area contributed by atoms with E-state index >= 15 is 0 Å². The minimum absolute atomic E-state index is 0.124. The summed E-state index contributed by atoms with van der Waals surface area (Å²) in [6.07, 6.45) is -0.721. The number of anilines is 1. The molecule has 6 heteroatoms. The third kappa shape index (κ3) is 4.52. The maximum Gasteiger partial charge on any atom is 0.319 e. The van der Waals surface area contributed by atoms with Crippen molar-refractivity contribution in [2.75, 3.05) is 25.6 Å². The molecule has 0 aliphatic rings. The molecular formula is C12H17ClN2O3. The van der Waals surface area contributed by atoms with Gasteiger partial charge in [0.1, 0.15) is 0 Å². The first-order chi connectivity index (χ1) is 8.54. The predicted molar refractivity (Wildman–Crippen MR) is 71.1 cm³/mol. The van der Waals surface area contributed by atoms with Gasteiger partial charge in [0, 0.05) is 24.4 Å². The van der Waals surface area contributed by atoms with Crippen molar-refractivity contribution in [3.05, 3.63) is 28.8 Å². The van der Waals surface area contributed by atoms with Crippen LogP contribution in [0, 0.1) is 6.92 Å². The smallest absolute Gasteiger partial charge is 0.319 e. The molecule has 100 valence electrons. The molecule has 2 amide bonds. The number of carbonyl (C=O) groups is 1.